The summed E-state index contributed by atoms with van der Waals surface area (Å²) in [7, 11) is 0. The van der Waals surface area contributed by atoms with Crippen LogP contribution in [0.15, 0.2) is 60.8 Å². The SMILES string of the molecule is O=C([C@H](O)[C@@H](O)C(=O)n1ccc2cc(C#Cc3ccccc3)ccc21)N1CCCC1. The van der Waals surface area contributed by atoms with E-state index in [1.807, 2.05) is 36.4 Å². The van der Waals surface area contributed by atoms with Crippen molar-refractivity contribution in [3.63, 3.8) is 0 Å². The molecule has 6 nitrogen and oxygen atoms in total. The van der Waals surface area contributed by atoms with Crippen LogP contribution in [0.5, 0.6) is 0 Å². The molecule has 2 heterocycles. The molecule has 2 N–H and O–H groups in total. The summed E-state index contributed by atoms with van der Waals surface area (Å²) in [5.41, 5.74) is 2.27. The highest BCUT2D eigenvalue weighted by Crippen LogP contribution is 2.19. The minimum atomic E-state index is -1.83. The fourth-order valence-corrected chi connectivity index (χ4v) is 3.62. The van der Waals surface area contributed by atoms with Gasteiger partial charge in [-0.05, 0) is 49.2 Å². The van der Waals surface area contributed by atoms with Gasteiger partial charge in [-0.15, -0.1) is 0 Å². The summed E-state index contributed by atoms with van der Waals surface area (Å²) in [4.78, 5) is 26.5. The van der Waals surface area contributed by atoms with Gasteiger partial charge in [0.15, 0.2) is 12.2 Å². The molecule has 0 saturated carbocycles. The third-order valence-electron chi connectivity index (χ3n) is 5.28. The minimum absolute atomic E-state index is 0.538. The molecule has 1 aliphatic rings. The first-order valence-electron chi connectivity index (χ1n) is 9.92. The summed E-state index contributed by atoms with van der Waals surface area (Å²) in [5.74, 6) is 4.83. The fraction of sp³-hybridized carbons (Fsp3) is 0.250. The van der Waals surface area contributed by atoms with Crippen LogP contribution in [0.4, 0.5) is 0 Å². The first-order valence-corrected chi connectivity index (χ1v) is 9.92. The molecule has 0 aliphatic carbocycles. The van der Waals surface area contributed by atoms with Gasteiger partial charge in [0.2, 0.25) is 0 Å². The summed E-state index contributed by atoms with van der Waals surface area (Å²) < 4.78 is 1.26. The Kier molecular flexibility index (Phi) is 5.66. The number of aliphatic hydroxyl groups excluding tert-OH is 2. The highest BCUT2D eigenvalue weighted by Gasteiger charge is 2.35. The van der Waals surface area contributed by atoms with Crippen molar-refractivity contribution in [1.29, 1.82) is 0 Å². The molecule has 4 rings (SSSR count). The third kappa shape index (κ3) is 3.99. The van der Waals surface area contributed by atoms with Crippen LogP contribution < -0.4 is 0 Å². The van der Waals surface area contributed by atoms with E-state index in [0.29, 0.717) is 18.6 Å². The molecule has 30 heavy (non-hydrogen) atoms. The Bertz CT molecular complexity index is 1130. The molecule has 3 aromatic rings. The largest absolute Gasteiger partial charge is 0.380 e. The molecule has 1 saturated heterocycles. The number of aromatic nitrogens is 1. The number of benzene rings is 2. The van der Waals surface area contributed by atoms with Gasteiger partial charge in [0.25, 0.3) is 11.8 Å². The molecule has 1 aliphatic heterocycles. The zero-order valence-electron chi connectivity index (χ0n) is 16.4. The average molecular weight is 402 g/mol. The van der Waals surface area contributed by atoms with Gasteiger partial charge in [0.1, 0.15) is 0 Å². The average Bonchev–Trinajstić information content (AvgIpc) is 3.46. The highest BCUT2D eigenvalue weighted by molar-refractivity contribution is 5.98. The maximum absolute atomic E-state index is 12.7. The van der Waals surface area contributed by atoms with E-state index in [1.54, 1.807) is 18.2 Å². The van der Waals surface area contributed by atoms with E-state index >= 15 is 0 Å². The van der Waals surface area contributed by atoms with E-state index < -0.39 is 24.0 Å². The smallest absolute Gasteiger partial charge is 0.263 e. The van der Waals surface area contributed by atoms with Crippen molar-refractivity contribution in [2.45, 2.75) is 25.0 Å². The van der Waals surface area contributed by atoms with Gasteiger partial charge in [-0.1, -0.05) is 30.0 Å². The van der Waals surface area contributed by atoms with Crippen molar-refractivity contribution in [3.05, 3.63) is 71.9 Å². The van der Waals surface area contributed by atoms with Crippen LogP contribution in [0, 0.1) is 11.8 Å². The summed E-state index contributed by atoms with van der Waals surface area (Å²) >= 11 is 0. The molecule has 0 unspecified atom stereocenters. The molecule has 0 bridgehead atoms. The highest BCUT2D eigenvalue weighted by atomic mass is 16.3. The molecule has 2 atom stereocenters. The lowest BCUT2D eigenvalue weighted by Crippen LogP contribution is -2.48. The van der Waals surface area contributed by atoms with Crippen LogP contribution >= 0.6 is 0 Å². The molecule has 1 amide bonds. The lowest BCUT2D eigenvalue weighted by atomic mass is 10.1. The zero-order valence-corrected chi connectivity index (χ0v) is 16.4. The first-order chi connectivity index (χ1) is 14.5. The molecular formula is C24H22N2O4. The van der Waals surface area contributed by atoms with Crippen LogP contribution in [0.2, 0.25) is 0 Å². The molecular weight excluding hydrogens is 380 g/mol. The number of hydrogen-bond acceptors (Lipinski definition) is 4. The first kappa shape index (κ1) is 19.9. The summed E-state index contributed by atoms with van der Waals surface area (Å²) in [5, 5.41) is 21.3. The molecule has 152 valence electrons. The summed E-state index contributed by atoms with van der Waals surface area (Å²) in [6.07, 6.45) is -0.353. The third-order valence-corrected chi connectivity index (χ3v) is 5.28. The zero-order chi connectivity index (χ0) is 21.1. The van der Waals surface area contributed by atoms with Crippen LogP contribution in [0.1, 0.15) is 28.8 Å². The Morgan fingerprint density at radius 1 is 0.833 bits per heavy atom. The van der Waals surface area contributed by atoms with Crippen LogP contribution in [0.25, 0.3) is 10.9 Å². The summed E-state index contributed by atoms with van der Waals surface area (Å²) in [6.45, 7) is 1.08. The Balaban J connectivity index is 1.53. The quantitative estimate of drug-likeness (QED) is 0.657. The Labute approximate surface area is 174 Å². The van der Waals surface area contributed by atoms with Crippen LogP contribution in [-0.4, -0.2) is 56.8 Å². The molecule has 2 aromatic carbocycles. The molecule has 0 spiro atoms. The lowest BCUT2D eigenvalue weighted by molar-refractivity contribution is -0.143. The van der Waals surface area contributed by atoms with Gasteiger partial charge in [-0.2, -0.15) is 0 Å². The van der Waals surface area contributed by atoms with Gasteiger partial charge < -0.3 is 15.1 Å². The van der Waals surface area contributed by atoms with Crippen molar-refractivity contribution >= 4 is 22.7 Å². The number of rotatable bonds is 3. The van der Waals surface area contributed by atoms with Gasteiger partial charge in [0, 0.05) is 35.8 Å². The van der Waals surface area contributed by atoms with E-state index in [0.717, 1.165) is 29.4 Å². The van der Waals surface area contributed by atoms with Crippen molar-refractivity contribution in [3.8, 4) is 11.8 Å². The maximum Gasteiger partial charge on any atom is 0.263 e. The molecule has 1 aromatic heterocycles. The number of amides is 1. The van der Waals surface area contributed by atoms with Crippen LogP contribution in [0.3, 0.4) is 0 Å². The Morgan fingerprint density at radius 3 is 2.23 bits per heavy atom. The number of carbonyl (C=O) groups is 2. The second-order valence-electron chi connectivity index (χ2n) is 7.34. The fourth-order valence-electron chi connectivity index (χ4n) is 3.62. The van der Waals surface area contributed by atoms with Gasteiger partial charge in [-0.25, -0.2) is 0 Å². The molecule has 0 radical (unpaired) electrons. The van der Waals surface area contributed by atoms with Gasteiger partial charge >= 0.3 is 0 Å². The van der Waals surface area contributed by atoms with E-state index in [-0.39, 0.29) is 0 Å². The predicted octanol–water partition coefficient (Wildman–Crippen LogP) is 2.03. The summed E-state index contributed by atoms with van der Waals surface area (Å²) in [6, 6.07) is 16.8. The number of likely N-dealkylation sites (tertiary alicyclic amines) is 1. The minimum Gasteiger partial charge on any atom is -0.380 e. The van der Waals surface area contributed by atoms with Gasteiger partial charge in [-0.3, -0.25) is 14.2 Å². The van der Waals surface area contributed by atoms with E-state index in [2.05, 4.69) is 11.8 Å². The second-order valence-corrected chi connectivity index (χ2v) is 7.34. The monoisotopic (exact) mass is 402 g/mol. The Morgan fingerprint density at radius 2 is 1.50 bits per heavy atom. The van der Waals surface area contributed by atoms with Crippen molar-refractivity contribution in [1.82, 2.24) is 9.47 Å². The second kappa shape index (κ2) is 8.54. The topological polar surface area (TPSA) is 82.8 Å². The molecule has 6 heteroatoms. The lowest BCUT2D eigenvalue weighted by Gasteiger charge is -2.22. The predicted molar refractivity (Wildman–Crippen MR) is 113 cm³/mol. The van der Waals surface area contributed by atoms with E-state index in [1.165, 1.54) is 15.7 Å². The number of aliphatic hydroxyl groups is 2. The Hall–Kier alpha value is -3.40. The molecule has 1 fully saturated rings. The van der Waals surface area contributed by atoms with Crippen molar-refractivity contribution < 1.29 is 19.8 Å². The van der Waals surface area contributed by atoms with Crippen molar-refractivity contribution in [2.75, 3.05) is 13.1 Å². The van der Waals surface area contributed by atoms with Gasteiger partial charge in [0.05, 0.1) is 5.52 Å². The normalized spacial score (nSPS) is 15.5. The van der Waals surface area contributed by atoms with Crippen molar-refractivity contribution in [2.24, 2.45) is 0 Å². The van der Waals surface area contributed by atoms with E-state index in [4.69, 9.17) is 0 Å². The number of carbonyl (C=O) groups excluding carboxylic acids is 2. The maximum atomic E-state index is 12.7. The van der Waals surface area contributed by atoms with E-state index in [9.17, 15) is 19.8 Å². The van der Waals surface area contributed by atoms with Crippen LogP contribution in [-0.2, 0) is 4.79 Å². The number of fused-ring (bicyclic) bond motifs is 1. The standard InChI is InChI=1S/C24H22N2O4/c27-21(23(29)25-13-4-5-14-25)22(28)24(30)26-15-12-19-16-18(10-11-20(19)26)9-8-17-6-2-1-3-7-17/h1-3,6-7,10-12,15-16,21-22,27-28H,4-5,13-14H2/t21-,22-/m1/s1. The number of nitrogens with zero attached hydrogens (tertiary/aromatic N) is 2. The number of hydrogen-bond donors (Lipinski definition) is 2.